The highest BCUT2D eigenvalue weighted by atomic mass is 32.1. The van der Waals surface area contributed by atoms with E-state index in [0.29, 0.717) is 5.76 Å². The van der Waals surface area contributed by atoms with Crippen LogP contribution in [0.4, 0.5) is 11.4 Å². The van der Waals surface area contributed by atoms with Crippen molar-refractivity contribution in [2.45, 2.75) is 19.9 Å². The molecule has 2 aromatic rings. The van der Waals surface area contributed by atoms with Crippen LogP contribution < -0.4 is 10.6 Å². The van der Waals surface area contributed by atoms with Gasteiger partial charge in [-0.3, -0.25) is 4.79 Å². The van der Waals surface area contributed by atoms with Gasteiger partial charge in [0.15, 0.2) is 0 Å². The van der Waals surface area contributed by atoms with E-state index < -0.39 is 6.04 Å². The molecular weight excluding hydrogens is 238 g/mol. The molecule has 88 valence electrons. The number of hydrogen-bond donors (Lipinski definition) is 2. The van der Waals surface area contributed by atoms with Crippen LogP contribution in [-0.2, 0) is 4.79 Å². The Bertz CT molecular complexity index is 568. The van der Waals surface area contributed by atoms with Crippen molar-refractivity contribution in [2.75, 3.05) is 10.6 Å². The normalized spacial score (nSPS) is 18.5. The molecule has 17 heavy (non-hydrogen) atoms. The van der Waals surface area contributed by atoms with E-state index in [0.717, 1.165) is 22.6 Å². The van der Waals surface area contributed by atoms with Gasteiger partial charge in [-0.15, -0.1) is 11.3 Å². The molecule has 0 spiro atoms. The largest absolute Gasteiger partial charge is 0.368 e. The molecule has 0 saturated heterocycles. The van der Waals surface area contributed by atoms with Gasteiger partial charge in [0.1, 0.15) is 11.8 Å². The summed E-state index contributed by atoms with van der Waals surface area (Å²) in [6, 6.07) is -0.427. The van der Waals surface area contributed by atoms with Crippen LogP contribution in [0.15, 0.2) is 15.3 Å². The maximum Gasteiger partial charge on any atom is 0.251 e. The monoisotopic (exact) mass is 249 g/mol. The number of thiophene rings is 1. The van der Waals surface area contributed by atoms with Gasteiger partial charge in [0.2, 0.25) is 0 Å². The topological polar surface area (TPSA) is 67.2 Å². The number of carbonyl (C=O) groups is 1. The first kappa shape index (κ1) is 10.3. The van der Waals surface area contributed by atoms with Crippen LogP contribution in [-0.4, -0.2) is 11.1 Å². The molecule has 3 heterocycles. The predicted octanol–water partition coefficient (Wildman–Crippen LogP) is 2.46. The molecule has 2 N–H and O–H groups in total. The van der Waals surface area contributed by atoms with Crippen molar-refractivity contribution in [3.8, 4) is 0 Å². The number of anilines is 2. The zero-order chi connectivity index (χ0) is 12.0. The van der Waals surface area contributed by atoms with E-state index in [4.69, 9.17) is 4.52 Å². The average Bonchev–Trinajstić information content (AvgIpc) is 2.85. The van der Waals surface area contributed by atoms with Crippen molar-refractivity contribution in [1.29, 1.82) is 0 Å². The molecule has 1 amide bonds. The molecular formula is C11H11N3O2S. The van der Waals surface area contributed by atoms with E-state index in [-0.39, 0.29) is 5.91 Å². The van der Waals surface area contributed by atoms with Gasteiger partial charge in [0.25, 0.3) is 5.91 Å². The lowest BCUT2D eigenvalue weighted by Crippen LogP contribution is -2.31. The van der Waals surface area contributed by atoms with Crippen molar-refractivity contribution in [3.05, 3.63) is 27.8 Å². The van der Waals surface area contributed by atoms with E-state index in [1.54, 1.807) is 11.3 Å². The molecule has 0 bridgehead atoms. The summed E-state index contributed by atoms with van der Waals surface area (Å²) in [6.07, 6.45) is 0. The van der Waals surface area contributed by atoms with E-state index in [1.165, 1.54) is 0 Å². The second-order valence-electron chi connectivity index (χ2n) is 4.00. The third kappa shape index (κ3) is 1.52. The number of aryl methyl sites for hydroxylation is 2. The first-order chi connectivity index (χ1) is 8.16. The van der Waals surface area contributed by atoms with Crippen molar-refractivity contribution in [3.63, 3.8) is 0 Å². The number of carbonyl (C=O) groups excluding carboxylic acids is 1. The fraction of sp³-hybridized carbons (Fsp3) is 0.273. The molecule has 2 aromatic heterocycles. The molecule has 0 saturated carbocycles. The van der Waals surface area contributed by atoms with E-state index in [9.17, 15) is 4.79 Å². The summed E-state index contributed by atoms with van der Waals surface area (Å²) in [6.45, 7) is 3.65. The minimum atomic E-state index is -0.427. The Morgan fingerprint density at radius 1 is 1.35 bits per heavy atom. The van der Waals surface area contributed by atoms with Crippen LogP contribution >= 0.6 is 11.3 Å². The van der Waals surface area contributed by atoms with Crippen molar-refractivity contribution < 1.29 is 9.32 Å². The van der Waals surface area contributed by atoms with Gasteiger partial charge in [-0.1, -0.05) is 5.16 Å². The Morgan fingerprint density at radius 3 is 2.82 bits per heavy atom. The first-order valence-corrected chi connectivity index (χ1v) is 6.17. The Kier molecular flexibility index (Phi) is 2.19. The number of amides is 1. The molecule has 3 rings (SSSR count). The number of nitrogens with zero attached hydrogens (tertiary/aromatic N) is 1. The maximum atomic E-state index is 12.0. The van der Waals surface area contributed by atoms with Crippen LogP contribution in [0, 0.1) is 13.8 Å². The number of nitrogens with one attached hydrogen (secondary N) is 2. The Hall–Kier alpha value is -1.82. The Labute approximate surface area is 102 Å². The highest BCUT2D eigenvalue weighted by Gasteiger charge is 2.31. The van der Waals surface area contributed by atoms with E-state index in [2.05, 4.69) is 15.8 Å². The van der Waals surface area contributed by atoms with Gasteiger partial charge >= 0.3 is 0 Å². The van der Waals surface area contributed by atoms with E-state index >= 15 is 0 Å². The molecule has 0 radical (unpaired) electrons. The molecule has 1 atom stereocenters. The van der Waals surface area contributed by atoms with Gasteiger partial charge < -0.3 is 15.2 Å². The summed E-state index contributed by atoms with van der Waals surface area (Å²) in [5.41, 5.74) is 3.34. The third-order valence-corrected chi connectivity index (χ3v) is 3.60. The number of hydrogen-bond acceptors (Lipinski definition) is 5. The zero-order valence-electron chi connectivity index (χ0n) is 9.40. The lowest BCUT2D eigenvalue weighted by Gasteiger charge is -2.24. The van der Waals surface area contributed by atoms with Gasteiger partial charge in [0, 0.05) is 16.3 Å². The summed E-state index contributed by atoms with van der Waals surface area (Å²) in [7, 11) is 0. The van der Waals surface area contributed by atoms with Gasteiger partial charge in [0.05, 0.1) is 17.1 Å². The highest BCUT2D eigenvalue weighted by Crippen LogP contribution is 2.36. The lowest BCUT2D eigenvalue weighted by atomic mass is 10.0. The highest BCUT2D eigenvalue weighted by molar-refractivity contribution is 7.09. The fourth-order valence-corrected chi connectivity index (χ4v) is 2.76. The molecule has 6 heteroatoms. The van der Waals surface area contributed by atoms with E-state index in [1.807, 2.05) is 24.6 Å². The van der Waals surface area contributed by atoms with Crippen molar-refractivity contribution in [2.24, 2.45) is 0 Å². The standard InChI is InChI=1S/C11H11N3O2S/c1-5-9(6(2)16-14-5)10-11(15)13-8-4-17-3-7(8)12-10/h3-4,10,12H,1-2H3,(H,13,15). The Morgan fingerprint density at radius 2 is 2.12 bits per heavy atom. The predicted molar refractivity (Wildman–Crippen MR) is 65.3 cm³/mol. The Balaban J connectivity index is 2.03. The number of aromatic nitrogens is 1. The van der Waals surface area contributed by atoms with Crippen LogP contribution in [0.1, 0.15) is 23.1 Å². The molecule has 1 unspecified atom stereocenters. The van der Waals surface area contributed by atoms with Crippen LogP contribution in [0.25, 0.3) is 0 Å². The fourth-order valence-electron chi connectivity index (χ4n) is 2.04. The SMILES string of the molecule is Cc1noc(C)c1C1Nc2cscc2NC1=O. The second-order valence-corrected chi connectivity index (χ2v) is 4.75. The van der Waals surface area contributed by atoms with Gasteiger partial charge in [-0.05, 0) is 13.8 Å². The van der Waals surface area contributed by atoms with Gasteiger partial charge in [-0.2, -0.15) is 0 Å². The average molecular weight is 249 g/mol. The third-order valence-electron chi connectivity index (χ3n) is 2.86. The smallest absolute Gasteiger partial charge is 0.251 e. The minimum Gasteiger partial charge on any atom is -0.368 e. The summed E-state index contributed by atoms with van der Waals surface area (Å²) in [5, 5.41) is 13.8. The van der Waals surface area contributed by atoms with Crippen LogP contribution in [0.2, 0.25) is 0 Å². The molecule has 0 fully saturated rings. The summed E-state index contributed by atoms with van der Waals surface area (Å²) >= 11 is 1.55. The summed E-state index contributed by atoms with van der Waals surface area (Å²) in [5.74, 6) is 0.596. The van der Waals surface area contributed by atoms with Crippen molar-refractivity contribution in [1.82, 2.24) is 5.16 Å². The number of fused-ring (bicyclic) bond motifs is 1. The minimum absolute atomic E-state index is 0.0784. The summed E-state index contributed by atoms with van der Waals surface area (Å²) in [4.78, 5) is 12.0. The maximum absolute atomic E-state index is 12.0. The van der Waals surface area contributed by atoms with Gasteiger partial charge in [-0.25, -0.2) is 0 Å². The quantitative estimate of drug-likeness (QED) is 0.814. The molecule has 5 nitrogen and oxygen atoms in total. The molecule has 1 aliphatic rings. The number of rotatable bonds is 1. The molecule has 0 aromatic carbocycles. The first-order valence-electron chi connectivity index (χ1n) is 5.23. The molecule has 1 aliphatic heterocycles. The molecule has 0 aliphatic carbocycles. The van der Waals surface area contributed by atoms with Crippen molar-refractivity contribution >= 4 is 28.6 Å². The lowest BCUT2D eigenvalue weighted by molar-refractivity contribution is -0.117. The van der Waals surface area contributed by atoms with Crippen LogP contribution in [0.3, 0.4) is 0 Å². The second kappa shape index (κ2) is 3.59. The zero-order valence-corrected chi connectivity index (χ0v) is 10.2. The van der Waals surface area contributed by atoms with Crippen LogP contribution in [0.5, 0.6) is 0 Å². The summed E-state index contributed by atoms with van der Waals surface area (Å²) < 4.78 is 5.10.